The maximum atomic E-state index is 11.6. The summed E-state index contributed by atoms with van der Waals surface area (Å²) in [6, 6.07) is 0. The van der Waals surface area contributed by atoms with Crippen molar-refractivity contribution in [2.45, 2.75) is 53.1 Å². The van der Waals surface area contributed by atoms with E-state index in [1.165, 1.54) is 12.8 Å². The molecular formula is C14H24O2. The zero-order valence-electron chi connectivity index (χ0n) is 11.0. The van der Waals surface area contributed by atoms with Crippen LogP contribution in [-0.2, 0) is 9.53 Å². The molecule has 92 valence electrons. The van der Waals surface area contributed by atoms with Crippen molar-refractivity contribution in [1.82, 2.24) is 0 Å². The van der Waals surface area contributed by atoms with Crippen LogP contribution < -0.4 is 0 Å². The quantitative estimate of drug-likeness (QED) is 0.541. The smallest absolute Gasteiger partial charge is 0.333 e. The fourth-order valence-electron chi connectivity index (χ4n) is 2.49. The number of carbonyl (C=O) groups excluding carboxylic acids is 1. The molecule has 0 aromatic heterocycles. The second-order valence-electron chi connectivity index (χ2n) is 5.55. The van der Waals surface area contributed by atoms with Gasteiger partial charge in [-0.1, -0.05) is 33.8 Å². The standard InChI is InChI=1S/C14H24O2/c1-9(2)12-7-6-11(5)8-13(12)16-14(15)10(3)4/h9,11-13H,3,6-8H2,1-2,4-5H3/t11-,12-,13+/m1/s1. The minimum atomic E-state index is -0.232. The lowest BCUT2D eigenvalue weighted by Gasteiger charge is -2.36. The molecule has 0 aliphatic heterocycles. The van der Waals surface area contributed by atoms with E-state index in [0.717, 1.165) is 6.42 Å². The van der Waals surface area contributed by atoms with Crippen LogP contribution in [0.1, 0.15) is 47.0 Å². The van der Waals surface area contributed by atoms with Gasteiger partial charge >= 0.3 is 5.97 Å². The Hall–Kier alpha value is -0.790. The second kappa shape index (κ2) is 5.51. The van der Waals surface area contributed by atoms with Gasteiger partial charge in [0.15, 0.2) is 0 Å². The summed E-state index contributed by atoms with van der Waals surface area (Å²) in [5.74, 6) is 1.53. The molecule has 1 aliphatic carbocycles. The van der Waals surface area contributed by atoms with E-state index in [1.807, 2.05) is 0 Å². The predicted octanol–water partition coefficient (Wildman–Crippen LogP) is 3.57. The monoisotopic (exact) mass is 224 g/mol. The molecule has 0 amide bonds. The van der Waals surface area contributed by atoms with Crippen molar-refractivity contribution in [3.63, 3.8) is 0 Å². The molecule has 1 aliphatic rings. The third-order valence-electron chi connectivity index (χ3n) is 3.57. The highest BCUT2D eigenvalue weighted by Gasteiger charge is 2.33. The number of esters is 1. The van der Waals surface area contributed by atoms with Gasteiger partial charge in [-0.25, -0.2) is 4.79 Å². The molecule has 0 saturated heterocycles. The predicted molar refractivity (Wildman–Crippen MR) is 66.0 cm³/mol. The molecule has 0 aromatic carbocycles. The van der Waals surface area contributed by atoms with E-state index in [-0.39, 0.29) is 12.1 Å². The van der Waals surface area contributed by atoms with Crippen LogP contribution in [0.5, 0.6) is 0 Å². The fraction of sp³-hybridized carbons (Fsp3) is 0.786. The summed E-state index contributed by atoms with van der Waals surface area (Å²) in [6.07, 6.45) is 3.52. The van der Waals surface area contributed by atoms with Gasteiger partial charge in [0.25, 0.3) is 0 Å². The molecule has 2 heteroatoms. The number of hydrogen-bond acceptors (Lipinski definition) is 2. The van der Waals surface area contributed by atoms with Gasteiger partial charge in [0.05, 0.1) is 0 Å². The van der Waals surface area contributed by atoms with Gasteiger partial charge in [0.1, 0.15) is 6.10 Å². The number of ether oxygens (including phenoxy) is 1. The van der Waals surface area contributed by atoms with Crippen molar-refractivity contribution in [3.8, 4) is 0 Å². The average Bonchev–Trinajstić information content (AvgIpc) is 2.16. The summed E-state index contributed by atoms with van der Waals surface area (Å²) in [5.41, 5.74) is 0.501. The molecule has 1 saturated carbocycles. The number of rotatable bonds is 3. The summed E-state index contributed by atoms with van der Waals surface area (Å²) in [7, 11) is 0. The SMILES string of the molecule is C=C(C)C(=O)O[C@H]1C[C@H](C)CC[C@@H]1C(C)C. The number of carbonyl (C=O) groups is 1. The van der Waals surface area contributed by atoms with Crippen molar-refractivity contribution < 1.29 is 9.53 Å². The van der Waals surface area contributed by atoms with Gasteiger partial charge in [0.2, 0.25) is 0 Å². The van der Waals surface area contributed by atoms with E-state index in [2.05, 4.69) is 27.4 Å². The lowest BCUT2D eigenvalue weighted by atomic mass is 9.75. The van der Waals surface area contributed by atoms with Gasteiger partial charge in [-0.3, -0.25) is 0 Å². The van der Waals surface area contributed by atoms with Crippen molar-refractivity contribution >= 4 is 5.97 Å². The summed E-state index contributed by atoms with van der Waals surface area (Å²) in [5, 5.41) is 0. The number of hydrogen-bond donors (Lipinski definition) is 0. The molecule has 2 nitrogen and oxygen atoms in total. The van der Waals surface area contributed by atoms with E-state index in [0.29, 0.717) is 23.3 Å². The normalized spacial score (nSPS) is 30.2. The largest absolute Gasteiger partial charge is 0.459 e. The van der Waals surface area contributed by atoms with Crippen LogP contribution in [0.4, 0.5) is 0 Å². The van der Waals surface area contributed by atoms with Gasteiger partial charge < -0.3 is 4.74 Å². The summed E-state index contributed by atoms with van der Waals surface area (Å²) < 4.78 is 5.56. The van der Waals surface area contributed by atoms with Crippen molar-refractivity contribution in [2.75, 3.05) is 0 Å². The molecule has 0 N–H and O–H groups in total. The van der Waals surface area contributed by atoms with Crippen molar-refractivity contribution in [1.29, 1.82) is 0 Å². The molecule has 0 bridgehead atoms. The van der Waals surface area contributed by atoms with Crippen LogP contribution in [0, 0.1) is 17.8 Å². The van der Waals surface area contributed by atoms with Crippen molar-refractivity contribution in [3.05, 3.63) is 12.2 Å². The van der Waals surface area contributed by atoms with Crippen LogP contribution >= 0.6 is 0 Å². The highest BCUT2D eigenvalue weighted by atomic mass is 16.5. The first-order valence-electron chi connectivity index (χ1n) is 6.28. The van der Waals surface area contributed by atoms with E-state index in [4.69, 9.17) is 4.74 Å². The third-order valence-corrected chi connectivity index (χ3v) is 3.57. The Labute approximate surface area is 99.1 Å². The Morgan fingerprint density at radius 3 is 2.50 bits per heavy atom. The topological polar surface area (TPSA) is 26.3 Å². The van der Waals surface area contributed by atoms with Gasteiger partial charge in [0, 0.05) is 5.57 Å². The first-order chi connectivity index (χ1) is 7.41. The Morgan fingerprint density at radius 2 is 2.00 bits per heavy atom. The van der Waals surface area contributed by atoms with E-state index in [9.17, 15) is 4.79 Å². The highest BCUT2D eigenvalue weighted by molar-refractivity contribution is 5.87. The van der Waals surface area contributed by atoms with E-state index >= 15 is 0 Å². The first kappa shape index (κ1) is 13.3. The highest BCUT2D eigenvalue weighted by Crippen LogP contribution is 2.35. The molecule has 16 heavy (non-hydrogen) atoms. The Morgan fingerprint density at radius 1 is 1.38 bits per heavy atom. The minimum absolute atomic E-state index is 0.0907. The zero-order chi connectivity index (χ0) is 12.3. The second-order valence-corrected chi connectivity index (χ2v) is 5.55. The van der Waals surface area contributed by atoms with Crippen LogP contribution in [-0.4, -0.2) is 12.1 Å². The zero-order valence-corrected chi connectivity index (χ0v) is 11.0. The van der Waals surface area contributed by atoms with Crippen molar-refractivity contribution in [2.24, 2.45) is 17.8 Å². The average molecular weight is 224 g/mol. The maximum absolute atomic E-state index is 11.6. The fourth-order valence-corrected chi connectivity index (χ4v) is 2.49. The van der Waals surface area contributed by atoms with Crippen LogP contribution in [0.25, 0.3) is 0 Å². The van der Waals surface area contributed by atoms with Crippen LogP contribution in [0.15, 0.2) is 12.2 Å². The van der Waals surface area contributed by atoms with E-state index in [1.54, 1.807) is 6.92 Å². The molecule has 0 heterocycles. The minimum Gasteiger partial charge on any atom is -0.459 e. The molecule has 1 fully saturated rings. The Bertz CT molecular complexity index is 268. The summed E-state index contributed by atoms with van der Waals surface area (Å²) >= 11 is 0. The Balaban J connectivity index is 2.64. The summed E-state index contributed by atoms with van der Waals surface area (Å²) in [4.78, 5) is 11.6. The lowest BCUT2D eigenvalue weighted by molar-refractivity contribution is -0.150. The third kappa shape index (κ3) is 3.36. The molecule has 0 spiro atoms. The van der Waals surface area contributed by atoms with Crippen LogP contribution in [0.2, 0.25) is 0 Å². The van der Waals surface area contributed by atoms with Gasteiger partial charge in [-0.2, -0.15) is 0 Å². The molecule has 0 aromatic rings. The van der Waals surface area contributed by atoms with E-state index < -0.39 is 0 Å². The lowest BCUT2D eigenvalue weighted by Crippen LogP contribution is -2.35. The Kier molecular flexibility index (Phi) is 4.57. The molecule has 1 rings (SSSR count). The first-order valence-corrected chi connectivity index (χ1v) is 6.28. The van der Waals surface area contributed by atoms with Gasteiger partial charge in [-0.15, -0.1) is 0 Å². The molecule has 0 unspecified atom stereocenters. The maximum Gasteiger partial charge on any atom is 0.333 e. The van der Waals surface area contributed by atoms with Gasteiger partial charge in [-0.05, 0) is 37.5 Å². The molecule has 0 radical (unpaired) electrons. The molecule has 3 atom stereocenters. The summed E-state index contributed by atoms with van der Waals surface area (Å²) in [6.45, 7) is 12.0. The van der Waals surface area contributed by atoms with Crippen LogP contribution in [0.3, 0.4) is 0 Å². The molecular weight excluding hydrogens is 200 g/mol.